The van der Waals surface area contributed by atoms with Gasteiger partial charge in [0.25, 0.3) is 0 Å². The van der Waals surface area contributed by atoms with Crippen LogP contribution in [0, 0.1) is 5.92 Å². The highest BCUT2D eigenvalue weighted by Crippen LogP contribution is 2.40. The summed E-state index contributed by atoms with van der Waals surface area (Å²) in [4.78, 5) is 4.89. The molecule has 0 aliphatic rings. The first-order chi connectivity index (χ1) is 17.8. The van der Waals surface area contributed by atoms with Gasteiger partial charge in [-0.2, -0.15) is 5.10 Å². The van der Waals surface area contributed by atoms with Crippen molar-refractivity contribution in [1.82, 2.24) is 5.43 Å². The van der Waals surface area contributed by atoms with E-state index in [0.717, 1.165) is 40.1 Å². The van der Waals surface area contributed by atoms with Crippen LogP contribution in [0.1, 0.15) is 84.1 Å². The van der Waals surface area contributed by atoms with Crippen molar-refractivity contribution in [2.75, 3.05) is 6.61 Å². The van der Waals surface area contributed by atoms with E-state index in [9.17, 15) is 5.11 Å². The van der Waals surface area contributed by atoms with Crippen LogP contribution in [-0.2, 0) is 10.8 Å². The number of para-hydroxylation sites is 1. The Hall–Kier alpha value is -3.60. The Kier molecular flexibility index (Phi) is 9.37. The van der Waals surface area contributed by atoms with Gasteiger partial charge in [0.15, 0.2) is 5.84 Å². The number of phenolic OH excluding ortho intramolecular Hbond substituents is 1. The van der Waals surface area contributed by atoms with Gasteiger partial charge in [0, 0.05) is 16.7 Å². The van der Waals surface area contributed by atoms with Crippen LogP contribution in [0.2, 0.25) is 0 Å². The van der Waals surface area contributed by atoms with E-state index in [0.29, 0.717) is 24.1 Å². The molecule has 5 nitrogen and oxygen atoms in total. The number of hydrazone groups is 1. The molecular formula is C33H43N3O2. The Morgan fingerprint density at radius 3 is 2.00 bits per heavy atom. The van der Waals surface area contributed by atoms with Gasteiger partial charge in [0.1, 0.15) is 11.5 Å². The normalized spacial score (nSPS) is 12.8. The largest absolute Gasteiger partial charge is 0.507 e. The molecule has 3 rings (SSSR count). The second-order valence-corrected chi connectivity index (χ2v) is 12.2. The number of benzene rings is 3. The van der Waals surface area contributed by atoms with E-state index in [4.69, 9.17) is 9.73 Å². The molecule has 0 fully saturated rings. The molecule has 0 bridgehead atoms. The summed E-state index contributed by atoms with van der Waals surface area (Å²) >= 11 is 0. The van der Waals surface area contributed by atoms with Crippen LogP contribution < -0.4 is 10.2 Å². The molecule has 2 N–H and O–H groups in total. The van der Waals surface area contributed by atoms with Gasteiger partial charge in [-0.25, -0.2) is 4.99 Å². The van der Waals surface area contributed by atoms with E-state index in [1.165, 1.54) is 0 Å². The SMILES string of the molecule is CC(C)CCOc1ccc(/C=N/NC(=Nc2ccccc2)c2cc(C(C)(C)C)c(O)c(C(C)(C)C)c2)cc1. The monoisotopic (exact) mass is 513 g/mol. The fourth-order valence-electron chi connectivity index (χ4n) is 3.93. The lowest BCUT2D eigenvalue weighted by Crippen LogP contribution is -2.23. The highest BCUT2D eigenvalue weighted by molar-refractivity contribution is 6.01. The van der Waals surface area contributed by atoms with Crippen molar-refractivity contribution in [3.05, 3.63) is 89.0 Å². The predicted octanol–water partition coefficient (Wildman–Crippen LogP) is 8.11. The Morgan fingerprint density at radius 2 is 1.47 bits per heavy atom. The Morgan fingerprint density at radius 1 is 0.895 bits per heavy atom. The lowest BCUT2D eigenvalue weighted by Gasteiger charge is -2.28. The average Bonchev–Trinajstić information content (AvgIpc) is 2.83. The molecule has 3 aromatic carbocycles. The van der Waals surface area contributed by atoms with Gasteiger partial charge in [-0.1, -0.05) is 73.6 Å². The van der Waals surface area contributed by atoms with Gasteiger partial charge in [-0.05, 0) is 77.3 Å². The third-order valence-corrected chi connectivity index (χ3v) is 6.22. The summed E-state index contributed by atoms with van der Waals surface area (Å²) in [7, 11) is 0. The molecule has 0 amide bonds. The van der Waals surface area contributed by atoms with Gasteiger partial charge >= 0.3 is 0 Å². The summed E-state index contributed by atoms with van der Waals surface area (Å²) in [6, 6.07) is 21.7. The zero-order chi connectivity index (χ0) is 27.9. The lowest BCUT2D eigenvalue weighted by atomic mass is 9.78. The number of aliphatic imine (C=N–C) groups is 1. The minimum absolute atomic E-state index is 0.250. The maximum Gasteiger partial charge on any atom is 0.154 e. The summed E-state index contributed by atoms with van der Waals surface area (Å²) < 4.78 is 5.83. The molecule has 202 valence electrons. The topological polar surface area (TPSA) is 66.2 Å². The second kappa shape index (κ2) is 12.3. The number of nitrogens with one attached hydrogen (secondary N) is 1. The van der Waals surface area contributed by atoms with Crippen molar-refractivity contribution in [2.45, 2.75) is 72.6 Å². The zero-order valence-electron chi connectivity index (χ0n) is 24.2. The minimum atomic E-state index is -0.250. The molecule has 0 heterocycles. The van der Waals surface area contributed by atoms with E-state index in [-0.39, 0.29) is 10.8 Å². The van der Waals surface area contributed by atoms with Crippen molar-refractivity contribution >= 4 is 17.7 Å². The summed E-state index contributed by atoms with van der Waals surface area (Å²) in [6.07, 6.45) is 2.80. The number of phenols is 1. The Bertz CT molecular complexity index is 1210. The fourth-order valence-corrected chi connectivity index (χ4v) is 3.93. The molecule has 0 spiro atoms. The maximum atomic E-state index is 11.2. The molecule has 0 aliphatic heterocycles. The number of aromatic hydroxyl groups is 1. The maximum absolute atomic E-state index is 11.2. The van der Waals surface area contributed by atoms with Crippen molar-refractivity contribution in [3.63, 3.8) is 0 Å². The molecule has 0 radical (unpaired) electrons. The number of rotatable bonds is 8. The quantitative estimate of drug-likeness (QED) is 0.182. The van der Waals surface area contributed by atoms with Gasteiger partial charge in [0.2, 0.25) is 0 Å². The zero-order valence-corrected chi connectivity index (χ0v) is 24.2. The summed E-state index contributed by atoms with van der Waals surface area (Å²) in [6.45, 7) is 17.7. The molecule has 0 saturated heterocycles. The number of amidine groups is 1. The van der Waals surface area contributed by atoms with Gasteiger partial charge < -0.3 is 9.84 Å². The third kappa shape index (κ3) is 8.20. The van der Waals surface area contributed by atoms with Gasteiger partial charge in [-0.15, -0.1) is 0 Å². The van der Waals surface area contributed by atoms with Crippen LogP contribution in [0.3, 0.4) is 0 Å². The van der Waals surface area contributed by atoms with E-state index >= 15 is 0 Å². The van der Waals surface area contributed by atoms with Crippen molar-refractivity contribution < 1.29 is 9.84 Å². The molecule has 0 atom stereocenters. The molecule has 0 aromatic heterocycles. The first-order valence-corrected chi connectivity index (χ1v) is 13.4. The van der Waals surface area contributed by atoms with Crippen molar-refractivity contribution in [1.29, 1.82) is 0 Å². The molecule has 0 unspecified atom stereocenters. The Balaban J connectivity index is 1.94. The molecular weight excluding hydrogens is 470 g/mol. The number of ether oxygens (including phenoxy) is 1. The first kappa shape index (κ1) is 29.0. The van der Waals surface area contributed by atoms with Crippen LogP contribution in [0.25, 0.3) is 0 Å². The second-order valence-electron chi connectivity index (χ2n) is 12.2. The highest BCUT2D eigenvalue weighted by atomic mass is 16.5. The first-order valence-electron chi connectivity index (χ1n) is 13.4. The summed E-state index contributed by atoms with van der Waals surface area (Å²) in [5.74, 6) is 2.42. The van der Waals surface area contributed by atoms with Crippen LogP contribution >= 0.6 is 0 Å². The average molecular weight is 514 g/mol. The number of nitrogens with zero attached hydrogens (tertiary/aromatic N) is 2. The Labute approximate surface area is 228 Å². The van der Waals surface area contributed by atoms with Gasteiger partial charge in [0.05, 0.1) is 18.5 Å². The van der Waals surface area contributed by atoms with Gasteiger partial charge in [-0.3, -0.25) is 5.43 Å². The minimum Gasteiger partial charge on any atom is -0.507 e. The molecule has 0 aliphatic carbocycles. The number of hydrogen-bond donors (Lipinski definition) is 2. The van der Waals surface area contributed by atoms with Crippen LogP contribution in [0.5, 0.6) is 11.5 Å². The van der Waals surface area contributed by atoms with Crippen LogP contribution in [-0.4, -0.2) is 23.8 Å². The van der Waals surface area contributed by atoms with Crippen molar-refractivity contribution in [2.24, 2.45) is 16.0 Å². The fraction of sp³-hybridized carbons (Fsp3) is 0.394. The van der Waals surface area contributed by atoms with E-state index < -0.39 is 0 Å². The van der Waals surface area contributed by atoms with Crippen molar-refractivity contribution in [3.8, 4) is 11.5 Å². The number of hydrogen-bond acceptors (Lipinski definition) is 4. The predicted molar refractivity (Wildman–Crippen MR) is 160 cm³/mol. The molecule has 3 aromatic rings. The molecule has 0 saturated carbocycles. The van der Waals surface area contributed by atoms with Crippen LogP contribution in [0.4, 0.5) is 5.69 Å². The summed E-state index contributed by atoms with van der Waals surface area (Å²) in [5.41, 5.74) is 7.06. The molecule has 38 heavy (non-hydrogen) atoms. The van der Waals surface area contributed by atoms with Crippen LogP contribution in [0.15, 0.2) is 76.8 Å². The molecule has 5 heteroatoms. The summed E-state index contributed by atoms with van der Waals surface area (Å²) in [5, 5.41) is 15.7. The van der Waals surface area contributed by atoms with E-state index in [1.54, 1.807) is 6.21 Å². The standard InChI is InChI=1S/C33H43N3O2/c1-23(2)18-19-38-27-16-14-24(15-17-27)22-34-36-31(35-26-12-10-9-11-13-26)25-20-28(32(3,4)5)30(37)29(21-25)33(6,7)8/h9-17,20-23,37H,18-19H2,1-8H3,(H,35,36)/b34-22+. The van der Waals surface area contributed by atoms with E-state index in [1.807, 2.05) is 66.7 Å². The smallest absolute Gasteiger partial charge is 0.154 e. The highest BCUT2D eigenvalue weighted by Gasteiger charge is 2.27. The lowest BCUT2D eigenvalue weighted by molar-refractivity contribution is 0.289. The third-order valence-electron chi connectivity index (χ3n) is 6.22. The van der Waals surface area contributed by atoms with E-state index in [2.05, 4.69) is 65.9 Å².